The largest absolute Gasteiger partial charge is 0.435 e. The van der Waals surface area contributed by atoms with E-state index in [0.717, 1.165) is 19.3 Å². The van der Waals surface area contributed by atoms with E-state index in [4.69, 9.17) is 4.74 Å². The molecule has 0 aromatic carbocycles. The summed E-state index contributed by atoms with van der Waals surface area (Å²) in [5.74, 6) is -0.0948. The van der Waals surface area contributed by atoms with Gasteiger partial charge in [0, 0.05) is 6.42 Å². The van der Waals surface area contributed by atoms with E-state index in [9.17, 15) is 4.79 Å². The Kier molecular flexibility index (Phi) is 20.5. The van der Waals surface area contributed by atoms with E-state index in [1.807, 2.05) is 13.0 Å². The third-order valence-electron chi connectivity index (χ3n) is 5.50. The summed E-state index contributed by atoms with van der Waals surface area (Å²) >= 11 is 0. The molecule has 2 heteroatoms. The number of unbranched alkanes of at least 4 members (excludes halogenated alkanes) is 13. The van der Waals surface area contributed by atoms with Crippen LogP contribution in [0.3, 0.4) is 0 Å². The zero-order chi connectivity index (χ0) is 22.3. The molecule has 0 fully saturated rings. The predicted molar refractivity (Wildman–Crippen MR) is 133 cm³/mol. The predicted octanol–water partition coefficient (Wildman–Crippen LogP) is 9.69. The molecule has 0 saturated carbocycles. The molecule has 2 nitrogen and oxygen atoms in total. The highest BCUT2D eigenvalue weighted by Crippen LogP contribution is 2.22. The zero-order valence-corrected chi connectivity index (χ0v) is 20.9. The van der Waals surface area contributed by atoms with Crippen LogP contribution in [0.2, 0.25) is 0 Å². The van der Waals surface area contributed by atoms with Gasteiger partial charge >= 0.3 is 5.97 Å². The fraction of sp³-hybridized carbons (Fsp3) is 0.821. The summed E-state index contributed by atoms with van der Waals surface area (Å²) in [4.78, 5) is 11.4. The van der Waals surface area contributed by atoms with Crippen molar-refractivity contribution in [3.05, 3.63) is 24.5 Å². The highest BCUT2D eigenvalue weighted by Gasteiger charge is 2.08. The molecular weight excluding hydrogens is 368 g/mol. The molecule has 30 heavy (non-hydrogen) atoms. The molecule has 0 bridgehead atoms. The van der Waals surface area contributed by atoms with E-state index >= 15 is 0 Å². The lowest BCUT2D eigenvalue weighted by Gasteiger charge is -2.17. The maximum atomic E-state index is 11.4. The Bertz CT molecular complexity index is 428. The number of carbonyl (C=O) groups is 1. The molecule has 0 aliphatic carbocycles. The molecule has 0 saturated heterocycles. The van der Waals surface area contributed by atoms with Crippen molar-refractivity contribution in [3.63, 3.8) is 0 Å². The molecule has 0 unspecified atom stereocenters. The van der Waals surface area contributed by atoms with E-state index in [1.54, 1.807) is 0 Å². The van der Waals surface area contributed by atoms with Gasteiger partial charge in [-0.15, -0.1) is 0 Å². The molecule has 0 N–H and O–H groups in total. The smallest absolute Gasteiger partial charge is 0.310 e. The van der Waals surface area contributed by atoms with Gasteiger partial charge in [-0.2, -0.15) is 0 Å². The first kappa shape index (κ1) is 28.9. The number of carbonyl (C=O) groups excluding carboxylic acids is 1. The molecule has 0 aliphatic heterocycles. The van der Waals surface area contributed by atoms with Crippen molar-refractivity contribution in [3.8, 4) is 0 Å². The molecule has 0 atom stereocenters. The van der Waals surface area contributed by atoms with Gasteiger partial charge in [0.15, 0.2) is 0 Å². The van der Waals surface area contributed by atoms with Crippen LogP contribution in [0.25, 0.3) is 0 Å². The monoisotopic (exact) mass is 420 g/mol. The van der Waals surface area contributed by atoms with Gasteiger partial charge in [-0.25, -0.2) is 0 Å². The van der Waals surface area contributed by atoms with Crippen molar-refractivity contribution < 1.29 is 9.53 Å². The minimum absolute atomic E-state index is 0.0948. The van der Waals surface area contributed by atoms with Crippen LogP contribution < -0.4 is 0 Å². The molecule has 0 rings (SSSR count). The van der Waals surface area contributed by atoms with Crippen LogP contribution in [-0.2, 0) is 9.53 Å². The van der Waals surface area contributed by atoms with Crippen molar-refractivity contribution in [2.24, 2.45) is 5.41 Å². The Labute approximate surface area is 188 Å². The summed E-state index contributed by atoms with van der Waals surface area (Å²) in [5, 5.41) is 0. The van der Waals surface area contributed by atoms with Gasteiger partial charge in [0.2, 0.25) is 0 Å². The van der Waals surface area contributed by atoms with E-state index in [-0.39, 0.29) is 5.97 Å². The van der Waals surface area contributed by atoms with Crippen LogP contribution >= 0.6 is 0 Å². The molecule has 0 aliphatic rings. The number of allylic oxidation sites excluding steroid dienone is 3. The zero-order valence-electron chi connectivity index (χ0n) is 20.9. The standard InChI is InChI=1S/C28H52O2/c1-5-6-26-30-27(29)24-22-20-18-16-14-12-10-8-7-9-11-13-15-17-19-21-23-25-28(2,3)4/h6-7,9,26H,5,8,10-25H2,1-4H3/b9-7-,26-6-. The Hall–Kier alpha value is -1.05. The minimum atomic E-state index is -0.0948. The third kappa shape index (κ3) is 25.0. The molecule has 0 aromatic rings. The first-order chi connectivity index (χ1) is 14.5. The number of hydrogen-bond donors (Lipinski definition) is 0. The minimum Gasteiger partial charge on any atom is -0.435 e. The highest BCUT2D eigenvalue weighted by atomic mass is 16.5. The lowest BCUT2D eigenvalue weighted by molar-refractivity contribution is -0.138. The average molecular weight is 421 g/mol. The molecule has 0 aromatic heterocycles. The van der Waals surface area contributed by atoms with Crippen LogP contribution in [0.1, 0.15) is 143 Å². The Balaban J connectivity index is 3.22. The number of esters is 1. The van der Waals surface area contributed by atoms with Crippen molar-refractivity contribution in [1.82, 2.24) is 0 Å². The molecule has 0 amide bonds. The number of hydrogen-bond acceptors (Lipinski definition) is 2. The van der Waals surface area contributed by atoms with Gasteiger partial charge in [0.25, 0.3) is 0 Å². The Morgan fingerprint density at radius 2 is 1.13 bits per heavy atom. The summed E-state index contributed by atoms with van der Waals surface area (Å²) < 4.78 is 5.00. The van der Waals surface area contributed by atoms with Crippen molar-refractivity contribution in [1.29, 1.82) is 0 Å². The third-order valence-corrected chi connectivity index (χ3v) is 5.50. The van der Waals surface area contributed by atoms with Gasteiger partial charge in [-0.1, -0.05) is 104 Å². The Morgan fingerprint density at radius 1 is 0.667 bits per heavy atom. The summed E-state index contributed by atoms with van der Waals surface area (Å²) in [7, 11) is 0. The fourth-order valence-electron chi connectivity index (χ4n) is 3.55. The van der Waals surface area contributed by atoms with Crippen LogP contribution in [-0.4, -0.2) is 5.97 Å². The second kappa shape index (κ2) is 21.2. The van der Waals surface area contributed by atoms with Crippen molar-refractivity contribution in [2.45, 2.75) is 143 Å². The van der Waals surface area contributed by atoms with Crippen LogP contribution in [0.5, 0.6) is 0 Å². The van der Waals surface area contributed by atoms with Crippen LogP contribution in [0.4, 0.5) is 0 Å². The molecule has 0 radical (unpaired) electrons. The first-order valence-electron chi connectivity index (χ1n) is 12.9. The summed E-state index contributed by atoms with van der Waals surface area (Å²) in [6.07, 6.45) is 30.5. The molecule has 0 heterocycles. The molecular formula is C28H52O2. The SMILES string of the molecule is CC/C=C\OC(=O)CCCCCCCCC/C=C\CCCCCCCCC(C)(C)C. The lowest BCUT2D eigenvalue weighted by atomic mass is 9.89. The maximum Gasteiger partial charge on any atom is 0.310 e. The van der Waals surface area contributed by atoms with Gasteiger partial charge in [-0.05, 0) is 56.4 Å². The maximum absolute atomic E-state index is 11.4. The second-order valence-electron chi connectivity index (χ2n) is 9.98. The highest BCUT2D eigenvalue weighted by molar-refractivity contribution is 5.69. The number of rotatable bonds is 20. The van der Waals surface area contributed by atoms with E-state index in [1.165, 1.54) is 96.2 Å². The van der Waals surface area contributed by atoms with Crippen molar-refractivity contribution >= 4 is 5.97 Å². The second-order valence-corrected chi connectivity index (χ2v) is 9.98. The summed E-state index contributed by atoms with van der Waals surface area (Å²) in [6.45, 7) is 9.06. The van der Waals surface area contributed by atoms with Gasteiger partial charge < -0.3 is 4.74 Å². The van der Waals surface area contributed by atoms with E-state index in [2.05, 4.69) is 32.9 Å². The molecule has 0 spiro atoms. The average Bonchev–Trinajstić information content (AvgIpc) is 2.69. The van der Waals surface area contributed by atoms with E-state index in [0.29, 0.717) is 11.8 Å². The topological polar surface area (TPSA) is 26.3 Å². The quantitative estimate of drug-likeness (QED) is 0.0847. The summed E-state index contributed by atoms with van der Waals surface area (Å²) in [6, 6.07) is 0. The normalized spacial score (nSPS) is 12.3. The van der Waals surface area contributed by atoms with Gasteiger partial charge in [0.05, 0.1) is 6.26 Å². The summed E-state index contributed by atoms with van der Waals surface area (Å²) in [5.41, 5.74) is 0.508. The molecule has 176 valence electrons. The van der Waals surface area contributed by atoms with Crippen LogP contribution in [0, 0.1) is 5.41 Å². The number of ether oxygens (including phenoxy) is 1. The van der Waals surface area contributed by atoms with E-state index < -0.39 is 0 Å². The Morgan fingerprint density at radius 3 is 1.63 bits per heavy atom. The van der Waals surface area contributed by atoms with Gasteiger partial charge in [-0.3, -0.25) is 4.79 Å². The van der Waals surface area contributed by atoms with Crippen molar-refractivity contribution in [2.75, 3.05) is 0 Å². The first-order valence-corrected chi connectivity index (χ1v) is 12.9. The van der Waals surface area contributed by atoms with Crippen LogP contribution in [0.15, 0.2) is 24.5 Å². The lowest BCUT2D eigenvalue weighted by Crippen LogP contribution is -2.03. The fourth-order valence-corrected chi connectivity index (χ4v) is 3.55. The van der Waals surface area contributed by atoms with Gasteiger partial charge in [0.1, 0.15) is 0 Å².